The number of hydrogen-bond donors (Lipinski definition) is 1. The van der Waals surface area contributed by atoms with E-state index < -0.39 is 11.5 Å². The lowest BCUT2D eigenvalue weighted by atomic mass is 9.96. The molecule has 1 aromatic carbocycles. The summed E-state index contributed by atoms with van der Waals surface area (Å²) in [5.41, 5.74) is 4.99. The third-order valence-corrected chi connectivity index (χ3v) is 3.24. The summed E-state index contributed by atoms with van der Waals surface area (Å²) in [5.74, 6) is -0.392. The number of carbonyl (C=O) groups excluding carboxylic acids is 1. The molecule has 1 aromatic rings. The summed E-state index contributed by atoms with van der Waals surface area (Å²) in [6.45, 7) is 2.02. The Hall–Kier alpha value is -1.62. The molecule has 0 spiro atoms. The monoisotopic (exact) mass is 267 g/mol. The molecule has 1 saturated carbocycles. The summed E-state index contributed by atoms with van der Waals surface area (Å²) in [5, 5.41) is 0. The standard InChI is InChI=1S/C14H18FNO3/c1-2-18-13(17)14(16,10-6-7-10)9-19-12-5-3-4-11(15)8-12/h3-5,8,10H,2,6-7,9,16H2,1H3. The quantitative estimate of drug-likeness (QED) is 0.799. The summed E-state index contributed by atoms with van der Waals surface area (Å²) in [6, 6.07) is 5.76. The molecule has 1 atom stereocenters. The number of carbonyl (C=O) groups is 1. The normalized spacial score (nSPS) is 17.6. The number of halogens is 1. The van der Waals surface area contributed by atoms with E-state index in [9.17, 15) is 9.18 Å². The van der Waals surface area contributed by atoms with Gasteiger partial charge in [0.05, 0.1) is 6.61 Å². The zero-order valence-electron chi connectivity index (χ0n) is 10.9. The number of esters is 1. The Kier molecular flexibility index (Phi) is 4.04. The molecule has 0 amide bonds. The second-order valence-electron chi connectivity index (χ2n) is 4.78. The Balaban J connectivity index is 2.03. The van der Waals surface area contributed by atoms with Crippen LogP contribution in [-0.2, 0) is 9.53 Å². The van der Waals surface area contributed by atoms with Gasteiger partial charge in [0.25, 0.3) is 0 Å². The molecule has 104 valence electrons. The van der Waals surface area contributed by atoms with Gasteiger partial charge in [-0.25, -0.2) is 9.18 Å². The molecule has 1 aliphatic carbocycles. The molecule has 0 heterocycles. The Morgan fingerprint density at radius 2 is 2.26 bits per heavy atom. The van der Waals surface area contributed by atoms with Gasteiger partial charge in [-0.1, -0.05) is 6.07 Å². The fourth-order valence-electron chi connectivity index (χ4n) is 1.97. The highest BCUT2D eigenvalue weighted by Crippen LogP contribution is 2.39. The van der Waals surface area contributed by atoms with Gasteiger partial charge < -0.3 is 15.2 Å². The van der Waals surface area contributed by atoms with Gasteiger partial charge in [0.15, 0.2) is 5.54 Å². The van der Waals surface area contributed by atoms with Gasteiger partial charge in [0, 0.05) is 6.07 Å². The number of rotatable bonds is 6. The first-order valence-corrected chi connectivity index (χ1v) is 6.40. The van der Waals surface area contributed by atoms with Gasteiger partial charge in [-0.3, -0.25) is 0 Å². The van der Waals surface area contributed by atoms with Crippen molar-refractivity contribution in [2.24, 2.45) is 11.7 Å². The van der Waals surface area contributed by atoms with E-state index in [1.807, 2.05) is 0 Å². The lowest BCUT2D eigenvalue weighted by Gasteiger charge is -2.26. The van der Waals surface area contributed by atoms with Crippen LogP contribution in [0.2, 0.25) is 0 Å². The fraction of sp³-hybridized carbons (Fsp3) is 0.500. The van der Waals surface area contributed by atoms with E-state index in [1.165, 1.54) is 12.1 Å². The second kappa shape index (κ2) is 5.57. The fourth-order valence-corrected chi connectivity index (χ4v) is 1.97. The molecule has 0 bridgehead atoms. The average Bonchev–Trinajstić information content (AvgIpc) is 3.21. The molecule has 1 unspecified atom stereocenters. The molecule has 0 aliphatic heterocycles. The third-order valence-electron chi connectivity index (χ3n) is 3.24. The first kappa shape index (κ1) is 13.8. The largest absolute Gasteiger partial charge is 0.491 e. The number of hydrogen-bond acceptors (Lipinski definition) is 4. The molecule has 2 rings (SSSR count). The van der Waals surface area contributed by atoms with Crippen LogP contribution < -0.4 is 10.5 Å². The summed E-state index contributed by atoms with van der Waals surface area (Å²) in [6.07, 6.45) is 1.78. The maximum atomic E-state index is 13.0. The van der Waals surface area contributed by atoms with Crippen LogP contribution in [0, 0.1) is 11.7 Å². The van der Waals surface area contributed by atoms with Crippen molar-refractivity contribution in [1.29, 1.82) is 0 Å². The zero-order chi connectivity index (χ0) is 13.9. The van der Waals surface area contributed by atoms with Crippen LogP contribution in [0.1, 0.15) is 19.8 Å². The van der Waals surface area contributed by atoms with E-state index in [-0.39, 0.29) is 24.9 Å². The number of nitrogens with two attached hydrogens (primary N) is 1. The Morgan fingerprint density at radius 1 is 1.53 bits per heavy atom. The van der Waals surface area contributed by atoms with Crippen LogP contribution >= 0.6 is 0 Å². The van der Waals surface area contributed by atoms with E-state index in [0.29, 0.717) is 5.75 Å². The first-order chi connectivity index (χ1) is 9.06. The molecule has 2 N–H and O–H groups in total. The third kappa shape index (κ3) is 3.23. The van der Waals surface area contributed by atoms with Crippen molar-refractivity contribution in [2.75, 3.05) is 13.2 Å². The van der Waals surface area contributed by atoms with Crippen LogP contribution in [-0.4, -0.2) is 24.7 Å². The molecule has 1 aliphatic rings. The van der Waals surface area contributed by atoms with Crippen molar-refractivity contribution in [1.82, 2.24) is 0 Å². The van der Waals surface area contributed by atoms with Crippen molar-refractivity contribution < 1.29 is 18.7 Å². The smallest absolute Gasteiger partial charge is 0.329 e. The maximum absolute atomic E-state index is 13.0. The molecule has 4 nitrogen and oxygen atoms in total. The lowest BCUT2D eigenvalue weighted by Crippen LogP contribution is -2.55. The molecule has 0 saturated heterocycles. The van der Waals surface area contributed by atoms with Crippen LogP contribution in [0.5, 0.6) is 5.75 Å². The summed E-state index contributed by atoms with van der Waals surface area (Å²) >= 11 is 0. The van der Waals surface area contributed by atoms with Gasteiger partial charge in [0.1, 0.15) is 18.2 Å². The molecular weight excluding hydrogens is 249 g/mol. The molecular formula is C14H18FNO3. The molecule has 19 heavy (non-hydrogen) atoms. The van der Waals surface area contributed by atoms with E-state index >= 15 is 0 Å². The Morgan fingerprint density at radius 3 is 2.84 bits per heavy atom. The van der Waals surface area contributed by atoms with Crippen LogP contribution in [0.25, 0.3) is 0 Å². The Labute approximate surface area is 111 Å². The van der Waals surface area contributed by atoms with Crippen molar-refractivity contribution in [3.8, 4) is 5.75 Å². The SMILES string of the molecule is CCOC(=O)C(N)(COc1cccc(F)c1)C1CC1. The number of ether oxygens (including phenoxy) is 2. The van der Waals surface area contributed by atoms with Crippen molar-refractivity contribution in [3.63, 3.8) is 0 Å². The predicted molar refractivity (Wildman–Crippen MR) is 68.2 cm³/mol. The minimum Gasteiger partial charge on any atom is -0.491 e. The molecule has 1 fully saturated rings. The minimum absolute atomic E-state index is 0.0000463. The number of benzene rings is 1. The van der Waals surface area contributed by atoms with E-state index in [0.717, 1.165) is 12.8 Å². The molecule has 0 radical (unpaired) electrons. The van der Waals surface area contributed by atoms with Crippen molar-refractivity contribution >= 4 is 5.97 Å². The molecule has 0 aromatic heterocycles. The van der Waals surface area contributed by atoms with Crippen LogP contribution in [0.3, 0.4) is 0 Å². The lowest BCUT2D eigenvalue weighted by molar-refractivity contribution is -0.151. The second-order valence-corrected chi connectivity index (χ2v) is 4.78. The maximum Gasteiger partial charge on any atom is 0.329 e. The average molecular weight is 267 g/mol. The van der Waals surface area contributed by atoms with Gasteiger partial charge in [0.2, 0.25) is 0 Å². The molecule has 5 heteroatoms. The van der Waals surface area contributed by atoms with Gasteiger partial charge >= 0.3 is 5.97 Å². The topological polar surface area (TPSA) is 61.5 Å². The summed E-state index contributed by atoms with van der Waals surface area (Å²) < 4.78 is 23.5. The first-order valence-electron chi connectivity index (χ1n) is 6.40. The van der Waals surface area contributed by atoms with Crippen molar-refractivity contribution in [2.45, 2.75) is 25.3 Å². The van der Waals surface area contributed by atoms with Crippen LogP contribution in [0.15, 0.2) is 24.3 Å². The predicted octanol–water partition coefficient (Wildman–Crippen LogP) is 1.88. The van der Waals surface area contributed by atoms with E-state index in [2.05, 4.69) is 0 Å². The summed E-state index contributed by atoms with van der Waals surface area (Å²) in [4.78, 5) is 11.9. The highest BCUT2D eigenvalue weighted by Gasteiger charge is 2.50. The highest BCUT2D eigenvalue weighted by molar-refractivity contribution is 5.81. The van der Waals surface area contributed by atoms with E-state index in [1.54, 1.807) is 19.1 Å². The minimum atomic E-state index is -1.14. The van der Waals surface area contributed by atoms with Gasteiger partial charge in [-0.15, -0.1) is 0 Å². The van der Waals surface area contributed by atoms with E-state index in [4.69, 9.17) is 15.2 Å². The van der Waals surface area contributed by atoms with Crippen LogP contribution in [0.4, 0.5) is 4.39 Å². The highest BCUT2D eigenvalue weighted by atomic mass is 19.1. The zero-order valence-corrected chi connectivity index (χ0v) is 10.9. The Bertz CT molecular complexity index is 462. The summed E-state index contributed by atoms with van der Waals surface area (Å²) in [7, 11) is 0. The van der Waals surface area contributed by atoms with Gasteiger partial charge in [-0.05, 0) is 37.8 Å². The van der Waals surface area contributed by atoms with Gasteiger partial charge in [-0.2, -0.15) is 0 Å². The van der Waals surface area contributed by atoms with Crippen molar-refractivity contribution in [3.05, 3.63) is 30.1 Å².